The van der Waals surface area contributed by atoms with E-state index in [2.05, 4.69) is 0 Å². The molecule has 0 amide bonds. The van der Waals surface area contributed by atoms with E-state index < -0.39 is 0 Å². The maximum atomic E-state index is 12.3. The van der Waals surface area contributed by atoms with Crippen molar-refractivity contribution in [3.63, 3.8) is 0 Å². The summed E-state index contributed by atoms with van der Waals surface area (Å²) in [6.45, 7) is 8.12. The zero-order valence-corrected chi connectivity index (χ0v) is 13.5. The van der Waals surface area contributed by atoms with Crippen LogP contribution in [0.4, 0.5) is 0 Å². The molecule has 0 unspecified atom stereocenters. The van der Waals surface area contributed by atoms with Crippen molar-refractivity contribution in [3.8, 4) is 0 Å². The van der Waals surface area contributed by atoms with Crippen molar-refractivity contribution < 1.29 is 14.3 Å². The van der Waals surface area contributed by atoms with E-state index in [-0.39, 0.29) is 35.9 Å². The van der Waals surface area contributed by atoms with E-state index in [1.54, 1.807) is 6.92 Å². The highest BCUT2D eigenvalue weighted by Crippen LogP contribution is 2.20. The number of Topliss-reactive ketones (excluding diaryl/α,β-unsaturated/α-hetero) is 1. The van der Waals surface area contributed by atoms with Crippen LogP contribution in [-0.2, 0) is 20.7 Å². The molecule has 116 valence electrons. The number of ketones is 1. The molecule has 0 N–H and O–H groups in total. The van der Waals surface area contributed by atoms with Crippen molar-refractivity contribution >= 4 is 11.8 Å². The lowest BCUT2D eigenvalue weighted by Gasteiger charge is -2.19. The minimum atomic E-state index is -0.388. The average molecular weight is 290 g/mol. The molecule has 0 bridgehead atoms. The van der Waals surface area contributed by atoms with Gasteiger partial charge in [0, 0.05) is 12.3 Å². The summed E-state index contributed by atoms with van der Waals surface area (Å²) in [5.74, 6) is -0.263. The first-order valence-corrected chi connectivity index (χ1v) is 7.69. The SMILES string of the molecule is CCOC(=O)[C@@H](CC(=O)[C@@H](C)C(C)C)Cc1ccccc1. The highest BCUT2D eigenvalue weighted by molar-refractivity contribution is 5.86. The summed E-state index contributed by atoms with van der Waals surface area (Å²) in [7, 11) is 0. The van der Waals surface area contributed by atoms with Crippen molar-refractivity contribution in [2.45, 2.75) is 40.5 Å². The van der Waals surface area contributed by atoms with Gasteiger partial charge in [-0.05, 0) is 24.8 Å². The van der Waals surface area contributed by atoms with Gasteiger partial charge < -0.3 is 4.74 Å². The Labute approximate surface area is 127 Å². The molecule has 2 atom stereocenters. The Morgan fingerprint density at radius 2 is 1.71 bits per heavy atom. The van der Waals surface area contributed by atoms with Crippen LogP contribution in [0.5, 0.6) is 0 Å². The quantitative estimate of drug-likeness (QED) is 0.686. The number of benzene rings is 1. The molecule has 0 fully saturated rings. The molecule has 1 aromatic carbocycles. The van der Waals surface area contributed by atoms with Gasteiger partial charge in [-0.25, -0.2) is 0 Å². The Morgan fingerprint density at radius 3 is 2.24 bits per heavy atom. The molecular formula is C18H26O3. The lowest BCUT2D eigenvalue weighted by Crippen LogP contribution is -2.27. The monoisotopic (exact) mass is 290 g/mol. The number of ether oxygens (including phenoxy) is 1. The van der Waals surface area contributed by atoms with Gasteiger partial charge in [-0.15, -0.1) is 0 Å². The van der Waals surface area contributed by atoms with Crippen LogP contribution < -0.4 is 0 Å². The van der Waals surface area contributed by atoms with E-state index in [4.69, 9.17) is 4.74 Å². The largest absolute Gasteiger partial charge is 0.466 e. The second kappa shape index (κ2) is 8.60. The molecule has 21 heavy (non-hydrogen) atoms. The molecule has 0 heterocycles. The maximum Gasteiger partial charge on any atom is 0.309 e. The van der Waals surface area contributed by atoms with Crippen LogP contribution in [0.1, 0.15) is 39.7 Å². The molecule has 0 radical (unpaired) electrons. The fraction of sp³-hybridized carbons (Fsp3) is 0.556. The summed E-state index contributed by atoms with van der Waals surface area (Å²) in [5, 5.41) is 0. The summed E-state index contributed by atoms with van der Waals surface area (Å²) in [6.07, 6.45) is 0.809. The zero-order valence-electron chi connectivity index (χ0n) is 13.5. The van der Waals surface area contributed by atoms with Crippen LogP contribution in [0.3, 0.4) is 0 Å². The van der Waals surface area contributed by atoms with E-state index in [0.29, 0.717) is 13.0 Å². The number of rotatable bonds is 8. The van der Waals surface area contributed by atoms with Crippen molar-refractivity contribution in [1.29, 1.82) is 0 Å². The van der Waals surface area contributed by atoms with Crippen LogP contribution in [0, 0.1) is 17.8 Å². The lowest BCUT2D eigenvalue weighted by atomic mass is 9.86. The summed E-state index contributed by atoms with van der Waals surface area (Å²) < 4.78 is 5.13. The number of esters is 1. The molecule has 1 rings (SSSR count). The molecule has 0 spiro atoms. The molecule has 0 aliphatic carbocycles. The summed E-state index contributed by atoms with van der Waals surface area (Å²) in [6, 6.07) is 9.77. The second-order valence-electron chi connectivity index (χ2n) is 5.84. The van der Waals surface area contributed by atoms with E-state index in [9.17, 15) is 9.59 Å². The molecule has 0 saturated heterocycles. The third-order valence-corrected chi connectivity index (χ3v) is 3.90. The van der Waals surface area contributed by atoms with E-state index in [1.807, 2.05) is 51.1 Å². The Hall–Kier alpha value is -1.64. The van der Waals surface area contributed by atoms with Crippen LogP contribution in [0.15, 0.2) is 30.3 Å². The van der Waals surface area contributed by atoms with Crippen LogP contribution in [-0.4, -0.2) is 18.4 Å². The van der Waals surface area contributed by atoms with Crippen molar-refractivity contribution in [1.82, 2.24) is 0 Å². The number of hydrogen-bond donors (Lipinski definition) is 0. The topological polar surface area (TPSA) is 43.4 Å². The number of carbonyl (C=O) groups is 2. The second-order valence-corrected chi connectivity index (χ2v) is 5.84. The van der Waals surface area contributed by atoms with Gasteiger partial charge in [0.1, 0.15) is 5.78 Å². The zero-order chi connectivity index (χ0) is 15.8. The fourth-order valence-electron chi connectivity index (χ4n) is 2.20. The van der Waals surface area contributed by atoms with Crippen LogP contribution in [0.25, 0.3) is 0 Å². The van der Waals surface area contributed by atoms with Crippen molar-refractivity contribution in [3.05, 3.63) is 35.9 Å². The Morgan fingerprint density at radius 1 is 1.10 bits per heavy atom. The van der Waals surface area contributed by atoms with Gasteiger partial charge in [-0.3, -0.25) is 9.59 Å². The average Bonchev–Trinajstić information content (AvgIpc) is 2.46. The first kappa shape index (κ1) is 17.4. The number of carbonyl (C=O) groups excluding carboxylic acids is 2. The standard InChI is InChI=1S/C18H26O3/c1-5-21-18(20)16(11-15-9-7-6-8-10-15)12-17(19)14(4)13(2)3/h6-10,13-14,16H,5,11-12H2,1-4H3/t14-,16+/m0/s1. The number of hydrogen-bond acceptors (Lipinski definition) is 3. The van der Waals surface area contributed by atoms with Crippen molar-refractivity contribution in [2.75, 3.05) is 6.61 Å². The van der Waals surface area contributed by atoms with Crippen molar-refractivity contribution in [2.24, 2.45) is 17.8 Å². The molecule has 0 aliphatic heterocycles. The highest BCUT2D eigenvalue weighted by Gasteiger charge is 2.27. The molecule has 3 heteroatoms. The van der Waals surface area contributed by atoms with E-state index in [1.165, 1.54) is 0 Å². The summed E-state index contributed by atoms with van der Waals surface area (Å²) >= 11 is 0. The van der Waals surface area contributed by atoms with Gasteiger partial charge >= 0.3 is 5.97 Å². The summed E-state index contributed by atoms with van der Waals surface area (Å²) in [4.78, 5) is 24.4. The minimum absolute atomic E-state index is 0.0299. The summed E-state index contributed by atoms with van der Waals surface area (Å²) in [5.41, 5.74) is 1.06. The molecular weight excluding hydrogens is 264 g/mol. The Balaban J connectivity index is 2.78. The molecule has 3 nitrogen and oxygen atoms in total. The van der Waals surface area contributed by atoms with Gasteiger partial charge in [0.2, 0.25) is 0 Å². The first-order chi connectivity index (χ1) is 9.95. The van der Waals surface area contributed by atoms with Gasteiger partial charge in [-0.1, -0.05) is 51.1 Å². The lowest BCUT2D eigenvalue weighted by molar-refractivity contribution is -0.150. The Kier molecular flexibility index (Phi) is 7.13. The third-order valence-electron chi connectivity index (χ3n) is 3.90. The van der Waals surface area contributed by atoms with E-state index in [0.717, 1.165) is 5.56 Å². The predicted molar refractivity (Wildman–Crippen MR) is 83.9 cm³/mol. The predicted octanol–water partition coefficient (Wildman–Crippen LogP) is 3.66. The minimum Gasteiger partial charge on any atom is -0.466 e. The third kappa shape index (κ3) is 5.70. The van der Waals surface area contributed by atoms with Crippen LogP contribution >= 0.6 is 0 Å². The smallest absolute Gasteiger partial charge is 0.309 e. The van der Waals surface area contributed by atoms with Gasteiger partial charge in [-0.2, -0.15) is 0 Å². The van der Waals surface area contributed by atoms with Gasteiger partial charge in [0.15, 0.2) is 0 Å². The van der Waals surface area contributed by atoms with Gasteiger partial charge in [0.05, 0.1) is 12.5 Å². The van der Waals surface area contributed by atoms with Gasteiger partial charge in [0.25, 0.3) is 0 Å². The van der Waals surface area contributed by atoms with E-state index >= 15 is 0 Å². The fourth-order valence-corrected chi connectivity index (χ4v) is 2.20. The Bertz CT molecular complexity index is 451. The molecule has 0 saturated carbocycles. The first-order valence-electron chi connectivity index (χ1n) is 7.69. The normalized spacial score (nSPS) is 13.8. The maximum absolute atomic E-state index is 12.3. The van der Waals surface area contributed by atoms with Crippen LogP contribution in [0.2, 0.25) is 0 Å². The highest BCUT2D eigenvalue weighted by atomic mass is 16.5. The molecule has 1 aromatic rings. The molecule has 0 aromatic heterocycles. The molecule has 0 aliphatic rings.